The van der Waals surface area contributed by atoms with E-state index in [4.69, 9.17) is 12.2 Å². The summed E-state index contributed by atoms with van der Waals surface area (Å²) in [6.45, 7) is 3.79. The largest absolute Gasteiger partial charge is 0.298 e. The Bertz CT molecular complexity index is 952. The molecule has 26 heavy (non-hydrogen) atoms. The maximum absolute atomic E-state index is 13.6. The van der Waals surface area contributed by atoms with E-state index in [1.165, 1.54) is 29.2 Å². The molecule has 0 bridgehead atoms. The maximum atomic E-state index is 13.6. The minimum Gasteiger partial charge on any atom is -0.298 e. The summed E-state index contributed by atoms with van der Waals surface area (Å²) in [4.78, 5) is 26.2. The van der Waals surface area contributed by atoms with Crippen LogP contribution >= 0.6 is 12.2 Å². The lowest BCUT2D eigenvalue weighted by atomic mass is 9.97. The first-order valence-electron chi connectivity index (χ1n) is 7.86. The number of halogens is 1. The summed E-state index contributed by atoms with van der Waals surface area (Å²) in [6, 6.07) is 13.3. The first-order valence-corrected chi connectivity index (χ1v) is 8.27. The van der Waals surface area contributed by atoms with Crippen molar-refractivity contribution in [2.75, 3.05) is 6.54 Å². The third-order valence-corrected chi connectivity index (χ3v) is 4.22. The van der Waals surface area contributed by atoms with Crippen LogP contribution in [0.15, 0.2) is 66.8 Å². The third-order valence-electron chi connectivity index (χ3n) is 3.89. The van der Waals surface area contributed by atoms with Crippen molar-refractivity contribution in [1.82, 2.24) is 10.2 Å². The van der Waals surface area contributed by atoms with Crippen LogP contribution in [0.4, 0.5) is 4.39 Å². The van der Waals surface area contributed by atoms with E-state index in [1.807, 2.05) is 6.07 Å². The van der Waals surface area contributed by atoms with Crippen molar-refractivity contribution in [3.05, 3.63) is 78.1 Å². The summed E-state index contributed by atoms with van der Waals surface area (Å²) in [5.74, 6) is -1.42. The molecule has 1 heterocycles. The quantitative estimate of drug-likeness (QED) is 0.391. The second kappa shape index (κ2) is 7.41. The fourth-order valence-corrected chi connectivity index (χ4v) is 2.94. The van der Waals surface area contributed by atoms with Crippen molar-refractivity contribution in [3.8, 4) is 11.1 Å². The molecule has 1 N–H and O–H groups in total. The second-order valence-corrected chi connectivity index (χ2v) is 6.01. The molecule has 4 nitrogen and oxygen atoms in total. The van der Waals surface area contributed by atoms with Gasteiger partial charge >= 0.3 is 0 Å². The van der Waals surface area contributed by atoms with Crippen LogP contribution in [0.3, 0.4) is 0 Å². The number of thiocarbonyl (C=S) groups is 1. The molecule has 3 rings (SSSR count). The highest BCUT2D eigenvalue weighted by molar-refractivity contribution is 7.80. The van der Waals surface area contributed by atoms with E-state index in [1.54, 1.807) is 30.3 Å². The number of hydrogen-bond acceptors (Lipinski definition) is 3. The van der Waals surface area contributed by atoms with Gasteiger partial charge in [0.1, 0.15) is 11.4 Å². The number of nitrogens with one attached hydrogen (secondary N) is 1. The number of rotatable bonds is 4. The zero-order chi connectivity index (χ0) is 18.7. The Morgan fingerprint density at radius 1 is 1.15 bits per heavy atom. The zero-order valence-corrected chi connectivity index (χ0v) is 14.6. The minimum absolute atomic E-state index is 0.0377. The number of nitrogens with zero attached hydrogens (tertiary/aromatic N) is 1. The molecule has 0 aromatic heterocycles. The molecule has 2 aromatic rings. The van der Waals surface area contributed by atoms with E-state index >= 15 is 0 Å². The van der Waals surface area contributed by atoms with Crippen molar-refractivity contribution >= 4 is 35.2 Å². The Labute approximate surface area is 155 Å². The monoisotopic (exact) mass is 366 g/mol. The first-order chi connectivity index (χ1) is 12.5. The second-order valence-electron chi connectivity index (χ2n) is 5.62. The van der Waals surface area contributed by atoms with Gasteiger partial charge < -0.3 is 0 Å². The molecule has 0 saturated carbocycles. The van der Waals surface area contributed by atoms with E-state index in [0.29, 0.717) is 16.7 Å². The molecule has 0 atom stereocenters. The van der Waals surface area contributed by atoms with Crippen molar-refractivity contribution < 1.29 is 14.0 Å². The summed E-state index contributed by atoms with van der Waals surface area (Å²) in [6.07, 6.45) is 3.02. The zero-order valence-electron chi connectivity index (χ0n) is 13.7. The predicted molar refractivity (Wildman–Crippen MR) is 102 cm³/mol. The van der Waals surface area contributed by atoms with E-state index in [9.17, 15) is 14.0 Å². The predicted octanol–water partition coefficient (Wildman–Crippen LogP) is 3.31. The SMILES string of the molecule is C=CCN1C(=O)C(=Cc2ccccc2-c2cccc(F)c2)C(=O)NC1=S. The van der Waals surface area contributed by atoms with Crippen molar-refractivity contribution in [2.45, 2.75) is 0 Å². The lowest BCUT2D eigenvalue weighted by Crippen LogP contribution is -2.53. The van der Waals surface area contributed by atoms with Gasteiger partial charge in [-0.15, -0.1) is 6.58 Å². The van der Waals surface area contributed by atoms with Crippen LogP contribution in [0.2, 0.25) is 0 Å². The van der Waals surface area contributed by atoms with Gasteiger partial charge in [0.15, 0.2) is 5.11 Å². The number of benzene rings is 2. The molecular formula is C20H15FN2O2S. The molecule has 6 heteroatoms. The summed E-state index contributed by atoms with van der Waals surface area (Å²) >= 11 is 5.04. The molecule has 2 amide bonds. The smallest absolute Gasteiger partial charge is 0.265 e. The van der Waals surface area contributed by atoms with Gasteiger partial charge in [0, 0.05) is 6.54 Å². The van der Waals surface area contributed by atoms with E-state index < -0.39 is 11.8 Å². The highest BCUT2D eigenvalue weighted by Gasteiger charge is 2.32. The molecule has 130 valence electrons. The third kappa shape index (κ3) is 3.45. The Balaban J connectivity index is 2.07. The number of hydrogen-bond donors (Lipinski definition) is 1. The van der Waals surface area contributed by atoms with Crippen LogP contribution < -0.4 is 5.32 Å². The fraction of sp³-hybridized carbons (Fsp3) is 0.0500. The van der Waals surface area contributed by atoms with Gasteiger partial charge in [-0.2, -0.15) is 0 Å². The number of carbonyl (C=O) groups is 2. The van der Waals surface area contributed by atoms with E-state index in [0.717, 1.165) is 0 Å². The molecule has 0 spiro atoms. The van der Waals surface area contributed by atoms with Crippen LogP contribution in [0.25, 0.3) is 17.2 Å². The molecule has 1 aliphatic heterocycles. The van der Waals surface area contributed by atoms with Crippen LogP contribution in [0.5, 0.6) is 0 Å². The number of amides is 2. The van der Waals surface area contributed by atoms with Crippen molar-refractivity contribution in [2.24, 2.45) is 0 Å². The highest BCUT2D eigenvalue weighted by atomic mass is 32.1. The molecular weight excluding hydrogens is 351 g/mol. The molecule has 1 fully saturated rings. The first kappa shape index (κ1) is 17.7. The van der Waals surface area contributed by atoms with Gasteiger partial charge in [0.05, 0.1) is 0 Å². The van der Waals surface area contributed by atoms with Gasteiger partial charge in [-0.05, 0) is 47.1 Å². The standard InChI is InChI=1S/C20H15FN2O2S/c1-2-10-23-19(25)17(18(24)22-20(23)26)12-14-6-3-4-9-16(14)13-7-5-8-15(21)11-13/h2-9,11-12H,1,10H2,(H,22,24,26). The molecule has 0 radical (unpaired) electrons. The topological polar surface area (TPSA) is 49.4 Å². The number of carbonyl (C=O) groups excluding carboxylic acids is 2. The summed E-state index contributed by atoms with van der Waals surface area (Å²) in [5, 5.41) is 2.56. The normalized spacial score (nSPS) is 16.0. The van der Waals surface area contributed by atoms with Gasteiger partial charge in [-0.1, -0.05) is 42.5 Å². The summed E-state index contributed by atoms with van der Waals surface area (Å²) < 4.78 is 13.6. The molecule has 0 unspecified atom stereocenters. The Hall–Kier alpha value is -3.12. The molecule has 0 aliphatic carbocycles. The lowest BCUT2D eigenvalue weighted by molar-refractivity contribution is -0.128. The van der Waals surface area contributed by atoms with Gasteiger partial charge in [-0.25, -0.2) is 4.39 Å². The minimum atomic E-state index is -0.561. The Kier molecular flexibility index (Phi) is 5.04. The molecule has 1 saturated heterocycles. The average molecular weight is 366 g/mol. The van der Waals surface area contributed by atoms with E-state index in [-0.39, 0.29) is 23.0 Å². The van der Waals surface area contributed by atoms with Gasteiger partial charge in [0.2, 0.25) is 0 Å². The van der Waals surface area contributed by atoms with Crippen LogP contribution in [-0.4, -0.2) is 28.4 Å². The van der Waals surface area contributed by atoms with E-state index in [2.05, 4.69) is 11.9 Å². The summed E-state index contributed by atoms with van der Waals surface area (Å²) in [5.41, 5.74) is 1.95. The molecule has 2 aromatic carbocycles. The van der Waals surface area contributed by atoms with Crippen molar-refractivity contribution in [3.63, 3.8) is 0 Å². The van der Waals surface area contributed by atoms with Crippen LogP contribution in [0.1, 0.15) is 5.56 Å². The fourth-order valence-electron chi connectivity index (χ4n) is 2.69. The van der Waals surface area contributed by atoms with Crippen LogP contribution in [-0.2, 0) is 9.59 Å². The van der Waals surface area contributed by atoms with Gasteiger partial charge in [0.25, 0.3) is 11.8 Å². The Morgan fingerprint density at radius 2 is 1.92 bits per heavy atom. The van der Waals surface area contributed by atoms with Crippen molar-refractivity contribution in [1.29, 1.82) is 0 Å². The van der Waals surface area contributed by atoms with Crippen LogP contribution in [0, 0.1) is 5.82 Å². The maximum Gasteiger partial charge on any atom is 0.265 e. The summed E-state index contributed by atoms with van der Waals surface area (Å²) in [7, 11) is 0. The lowest BCUT2D eigenvalue weighted by Gasteiger charge is -2.27. The average Bonchev–Trinajstić information content (AvgIpc) is 2.62. The highest BCUT2D eigenvalue weighted by Crippen LogP contribution is 2.27. The van der Waals surface area contributed by atoms with Gasteiger partial charge in [-0.3, -0.25) is 19.8 Å². The molecule has 1 aliphatic rings. The Morgan fingerprint density at radius 3 is 2.65 bits per heavy atom.